The van der Waals surface area contributed by atoms with Crippen molar-refractivity contribution in [3.63, 3.8) is 0 Å². The van der Waals surface area contributed by atoms with Gasteiger partial charge in [0.2, 0.25) is 0 Å². The van der Waals surface area contributed by atoms with E-state index in [9.17, 15) is 0 Å². The van der Waals surface area contributed by atoms with Crippen LogP contribution in [0.5, 0.6) is 5.75 Å². The number of aryl methyl sites for hydroxylation is 1. The fraction of sp³-hybridized carbons (Fsp3) is 0.364. The molecule has 1 aromatic rings. The standard InChI is InChI=1S/C11H13NO/c1-9-5-3-7-11(13-2)10(9)6-4-8-12/h3,5,7H,4,6H2,1-2H3. The molecule has 0 aliphatic heterocycles. The predicted molar refractivity (Wildman–Crippen MR) is 51.7 cm³/mol. The first-order valence-electron chi connectivity index (χ1n) is 4.29. The van der Waals surface area contributed by atoms with Gasteiger partial charge in [0, 0.05) is 6.42 Å². The van der Waals surface area contributed by atoms with Crippen molar-refractivity contribution in [1.82, 2.24) is 0 Å². The first-order valence-corrected chi connectivity index (χ1v) is 4.29. The van der Waals surface area contributed by atoms with Gasteiger partial charge in [-0.1, -0.05) is 12.1 Å². The Morgan fingerprint density at radius 2 is 2.23 bits per heavy atom. The van der Waals surface area contributed by atoms with Crippen LogP contribution in [0.2, 0.25) is 0 Å². The molecule has 2 nitrogen and oxygen atoms in total. The summed E-state index contributed by atoms with van der Waals surface area (Å²) >= 11 is 0. The Morgan fingerprint density at radius 3 is 2.85 bits per heavy atom. The topological polar surface area (TPSA) is 33.0 Å². The first-order chi connectivity index (χ1) is 6.29. The Morgan fingerprint density at radius 1 is 1.46 bits per heavy atom. The highest BCUT2D eigenvalue weighted by Gasteiger charge is 2.04. The maximum atomic E-state index is 8.49. The molecule has 1 aromatic carbocycles. The molecule has 0 unspecified atom stereocenters. The predicted octanol–water partition coefficient (Wildman–Crippen LogP) is 2.46. The van der Waals surface area contributed by atoms with Crippen LogP contribution in [0.4, 0.5) is 0 Å². The lowest BCUT2D eigenvalue weighted by Gasteiger charge is -2.09. The molecule has 0 heterocycles. The van der Waals surface area contributed by atoms with E-state index in [1.165, 1.54) is 5.56 Å². The lowest BCUT2D eigenvalue weighted by molar-refractivity contribution is 0.409. The van der Waals surface area contributed by atoms with Crippen LogP contribution in [0.15, 0.2) is 18.2 Å². The summed E-state index contributed by atoms with van der Waals surface area (Å²) in [6.07, 6.45) is 1.31. The van der Waals surface area contributed by atoms with Crippen molar-refractivity contribution < 1.29 is 4.74 Å². The Hall–Kier alpha value is -1.49. The minimum atomic E-state index is 0.543. The maximum absolute atomic E-state index is 8.49. The van der Waals surface area contributed by atoms with Crippen LogP contribution >= 0.6 is 0 Å². The van der Waals surface area contributed by atoms with E-state index in [1.54, 1.807) is 7.11 Å². The number of nitrogens with zero attached hydrogens (tertiary/aromatic N) is 1. The normalized spacial score (nSPS) is 9.31. The van der Waals surface area contributed by atoms with Crippen LogP contribution < -0.4 is 4.74 Å². The van der Waals surface area contributed by atoms with Gasteiger partial charge < -0.3 is 4.74 Å². The molecule has 68 valence electrons. The highest BCUT2D eigenvalue weighted by molar-refractivity contribution is 5.39. The zero-order valence-electron chi connectivity index (χ0n) is 8.00. The molecular formula is C11H13NO. The van der Waals surface area contributed by atoms with Crippen LogP contribution in [0, 0.1) is 18.3 Å². The van der Waals surface area contributed by atoms with Gasteiger partial charge in [0.25, 0.3) is 0 Å². The Balaban J connectivity index is 2.95. The Kier molecular flexibility index (Phi) is 3.33. The first kappa shape index (κ1) is 9.60. The molecule has 0 fully saturated rings. The molecule has 13 heavy (non-hydrogen) atoms. The third kappa shape index (κ3) is 2.22. The highest BCUT2D eigenvalue weighted by Crippen LogP contribution is 2.22. The fourth-order valence-electron chi connectivity index (χ4n) is 1.37. The third-order valence-corrected chi connectivity index (χ3v) is 2.07. The summed E-state index contributed by atoms with van der Waals surface area (Å²) < 4.78 is 5.21. The Bertz CT molecular complexity index is 325. The second-order valence-electron chi connectivity index (χ2n) is 2.91. The Labute approximate surface area is 78.8 Å². The molecule has 0 N–H and O–H groups in total. The molecule has 0 saturated carbocycles. The quantitative estimate of drug-likeness (QED) is 0.707. The zero-order chi connectivity index (χ0) is 9.68. The van der Waals surface area contributed by atoms with E-state index < -0.39 is 0 Å². The maximum Gasteiger partial charge on any atom is 0.122 e. The molecule has 1 rings (SSSR count). The molecule has 0 aliphatic rings. The molecule has 0 aromatic heterocycles. The van der Waals surface area contributed by atoms with E-state index in [2.05, 4.69) is 6.07 Å². The van der Waals surface area contributed by atoms with E-state index in [0.717, 1.165) is 17.7 Å². The molecule has 0 amide bonds. The van der Waals surface area contributed by atoms with Crippen molar-refractivity contribution in [1.29, 1.82) is 5.26 Å². The second kappa shape index (κ2) is 4.51. The van der Waals surface area contributed by atoms with Gasteiger partial charge in [-0.25, -0.2) is 0 Å². The summed E-state index contributed by atoms with van der Waals surface area (Å²) in [5.74, 6) is 0.884. The summed E-state index contributed by atoms with van der Waals surface area (Å²) in [6.45, 7) is 2.04. The van der Waals surface area contributed by atoms with E-state index in [1.807, 2.05) is 25.1 Å². The van der Waals surface area contributed by atoms with Gasteiger partial charge in [0.1, 0.15) is 5.75 Å². The number of benzene rings is 1. The minimum absolute atomic E-state index is 0.543. The number of methoxy groups -OCH3 is 1. The van der Waals surface area contributed by atoms with Crippen LogP contribution in [0.1, 0.15) is 17.5 Å². The van der Waals surface area contributed by atoms with Gasteiger partial charge in [0.15, 0.2) is 0 Å². The van der Waals surface area contributed by atoms with E-state index in [4.69, 9.17) is 10.00 Å². The van der Waals surface area contributed by atoms with Crippen LogP contribution in [0.3, 0.4) is 0 Å². The molecule has 0 aliphatic carbocycles. The molecule has 0 spiro atoms. The van der Waals surface area contributed by atoms with Crippen LogP contribution in [-0.2, 0) is 6.42 Å². The van der Waals surface area contributed by atoms with Gasteiger partial charge in [-0.3, -0.25) is 0 Å². The second-order valence-corrected chi connectivity index (χ2v) is 2.91. The number of ether oxygens (including phenoxy) is 1. The van der Waals surface area contributed by atoms with E-state index in [-0.39, 0.29) is 0 Å². The average molecular weight is 175 g/mol. The number of rotatable bonds is 3. The number of nitriles is 1. The largest absolute Gasteiger partial charge is 0.496 e. The fourth-order valence-corrected chi connectivity index (χ4v) is 1.37. The molecule has 0 atom stereocenters. The van der Waals surface area contributed by atoms with Crippen molar-refractivity contribution in [2.45, 2.75) is 19.8 Å². The highest BCUT2D eigenvalue weighted by atomic mass is 16.5. The van der Waals surface area contributed by atoms with Crippen molar-refractivity contribution >= 4 is 0 Å². The van der Waals surface area contributed by atoms with Crippen LogP contribution in [0.25, 0.3) is 0 Å². The summed E-state index contributed by atoms with van der Waals surface area (Å²) in [5, 5.41) is 8.49. The minimum Gasteiger partial charge on any atom is -0.496 e. The molecule has 2 heteroatoms. The van der Waals surface area contributed by atoms with Gasteiger partial charge in [-0.15, -0.1) is 0 Å². The van der Waals surface area contributed by atoms with Crippen molar-refractivity contribution in [3.05, 3.63) is 29.3 Å². The lowest BCUT2D eigenvalue weighted by Crippen LogP contribution is -1.94. The lowest BCUT2D eigenvalue weighted by atomic mass is 10.0. The SMILES string of the molecule is COc1cccc(C)c1CCC#N. The number of hydrogen-bond acceptors (Lipinski definition) is 2. The zero-order valence-corrected chi connectivity index (χ0v) is 8.00. The van der Waals surface area contributed by atoms with Gasteiger partial charge in [-0.2, -0.15) is 5.26 Å². The van der Waals surface area contributed by atoms with Crippen LogP contribution in [-0.4, -0.2) is 7.11 Å². The summed E-state index contributed by atoms with van der Waals surface area (Å²) in [5.41, 5.74) is 2.33. The third-order valence-electron chi connectivity index (χ3n) is 2.07. The van der Waals surface area contributed by atoms with Gasteiger partial charge >= 0.3 is 0 Å². The summed E-state index contributed by atoms with van der Waals surface area (Å²) in [4.78, 5) is 0. The van der Waals surface area contributed by atoms with Gasteiger partial charge in [0.05, 0.1) is 13.2 Å². The number of hydrogen-bond donors (Lipinski definition) is 0. The van der Waals surface area contributed by atoms with E-state index >= 15 is 0 Å². The molecule has 0 saturated heterocycles. The van der Waals surface area contributed by atoms with E-state index in [0.29, 0.717) is 6.42 Å². The van der Waals surface area contributed by atoms with Crippen molar-refractivity contribution in [2.24, 2.45) is 0 Å². The monoisotopic (exact) mass is 175 g/mol. The van der Waals surface area contributed by atoms with Gasteiger partial charge in [-0.05, 0) is 30.5 Å². The van der Waals surface area contributed by atoms with Crippen molar-refractivity contribution in [3.8, 4) is 11.8 Å². The molecular weight excluding hydrogens is 162 g/mol. The van der Waals surface area contributed by atoms with Crippen molar-refractivity contribution in [2.75, 3.05) is 7.11 Å². The molecule has 0 radical (unpaired) electrons. The summed E-state index contributed by atoms with van der Waals surface area (Å²) in [7, 11) is 1.66. The molecule has 0 bridgehead atoms. The smallest absolute Gasteiger partial charge is 0.122 e. The summed E-state index contributed by atoms with van der Waals surface area (Å²) in [6, 6.07) is 8.07. The average Bonchev–Trinajstić information content (AvgIpc) is 2.15.